The topological polar surface area (TPSA) is 229 Å². The summed E-state index contributed by atoms with van der Waals surface area (Å²) in [6, 6.07) is 8.82. The van der Waals surface area contributed by atoms with Gasteiger partial charge in [-0.25, -0.2) is 0 Å². The first-order valence-corrected chi connectivity index (χ1v) is 14.1. The van der Waals surface area contributed by atoms with Crippen molar-refractivity contribution in [2.24, 2.45) is 22.6 Å². The number of hydrogen-bond donors (Lipinski definition) is 6. The number of methoxy groups -OCH3 is 1. The monoisotopic (exact) mass is 626 g/mol. The van der Waals surface area contributed by atoms with Gasteiger partial charge in [0.2, 0.25) is 0 Å². The predicted molar refractivity (Wildman–Crippen MR) is 167 cm³/mol. The van der Waals surface area contributed by atoms with E-state index in [2.05, 4.69) is 11.8 Å². The molecule has 5 rings (SSSR count). The highest BCUT2D eigenvalue weighted by Crippen LogP contribution is 2.59. The van der Waals surface area contributed by atoms with Crippen LogP contribution in [0.3, 0.4) is 0 Å². The minimum Gasteiger partial charge on any atom is -0.509 e. The lowest BCUT2D eigenvalue weighted by atomic mass is 9.47. The Morgan fingerprint density at radius 2 is 1.70 bits per heavy atom. The number of aromatic hydroxyl groups is 1. The Kier molecular flexibility index (Phi) is 7.41. The molecule has 1 fully saturated rings. The number of hydrogen-bond acceptors (Lipinski definition) is 12. The van der Waals surface area contributed by atoms with Gasteiger partial charge in [-0.3, -0.25) is 19.3 Å². The van der Waals surface area contributed by atoms with E-state index in [4.69, 9.17) is 21.9 Å². The van der Waals surface area contributed by atoms with Crippen LogP contribution >= 0.6 is 0 Å². The number of Topliss-reactive ketones (excluding diaryl/α,β-unsaturated/α-hetero) is 2. The molecule has 3 aliphatic carbocycles. The molecule has 0 bridgehead atoms. The normalized spacial score (nSPS) is 26.8. The maximum Gasteiger partial charge on any atom is 0.255 e. The molecule has 3 aliphatic rings. The summed E-state index contributed by atoms with van der Waals surface area (Å²) >= 11 is 0. The van der Waals surface area contributed by atoms with E-state index in [1.807, 2.05) is 0 Å². The molecule has 0 radical (unpaired) electrons. The zero-order valence-electron chi connectivity index (χ0n) is 25.9. The van der Waals surface area contributed by atoms with E-state index >= 15 is 0 Å². The number of carbonyl (C=O) groups excluding carboxylic acids is 3. The third-order valence-electron chi connectivity index (χ3n) is 9.14. The highest BCUT2D eigenvalue weighted by Gasteiger charge is 2.74. The van der Waals surface area contributed by atoms with Gasteiger partial charge in [-0.15, -0.1) is 0 Å². The molecule has 46 heavy (non-hydrogen) atoms. The average Bonchev–Trinajstić information content (AvgIpc) is 2.95. The van der Waals surface area contributed by atoms with E-state index in [1.54, 1.807) is 55.4 Å². The van der Waals surface area contributed by atoms with Gasteiger partial charge in [0.25, 0.3) is 5.91 Å². The number of fused-ring (bicyclic) bond motifs is 3. The van der Waals surface area contributed by atoms with Crippen LogP contribution in [0.15, 0.2) is 47.2 Å². The van der Waals surface area contributed by atoms with E-state index in [1.165, 1.54) is 26.1 Å². The number of nitrogens with zero attached hydrogens (tertiary/aromatic N) is 3. The Balaban J connectivity index is 1.80. The van der Waals surface area contributed by atoms with Crippen molar-refractivity contribution < 1.29 is 34.4 Å². The molecule has 0 heterocycles. The molecule has 0 spiro atoms. The Morgan fingerprint density at radius 3 is 2.22 bits per heavy atom. The third-order valence-corrected chi connectivity index (χ3v) is 9.14. The first-order chi connectivity index (χ1) is 21.5. The van der Waals surface area contributed by atoms with Gasteiger partial charge in [-0.1, -0.05) is 11.8 Å². The number of ether oxygens (including phenoxy) is 1. The highest BCUT2D eigenvalue weighted by atomic mass is 16.5. The molecular formula is C33H34N6O7. The minimum atomic E-state index is -2.74. The largest absolute Gasteiger partial charge is 0.509 e. The quantitative estimate of drug-likeness (QED) is 0.200. The molecule has 4 atom stereocenters. The number of nitrogens with two attached hydrogens (primary N) is 3. The van der Waals surface area contributed by atoms with Crippen molar-refractivity contribution >= 4 is 28.9 Å². The summed E-state index contributed by atoms with van der Waals surface area (Å²) in [7, 11) is 7.94. The van der Waals surface area contributed by atoms with Gasteiger partial charge in [-0.05, 0) is 62.8 Å². The Labute approximate surface area is 265 Å². The number of phenolic OH excluding ortho intramolecular Hbond substituents is 1. The second-order valence-electron chi connectivity index (χ2n) is 12.3. The number of rotatable bonds is 4. The second-order valence-corrected chi connectivity index (χ2v) is 12.3. The summed E-state index contributed by atoms with van der Waals surface area (Å²) in [6.07, 6.45) is -0.627. The van der Waals surface area contributed by atoms with Crippen LogP contribution in [0.2, 0.25) is 0 Å². The molecule has 13 heteroatoms. The van der Waals surface area contributed by atoms with Crippen LogP contribution in [0.4, 0.5) is 5.69 Å². The summed E-state index contributed by atoms with van der Waals surface area (Å²) in [4.78, 5) is 43.6. The number of amides is 1. The summed E-state index contributed by atoms with van der Waals surface area (Å²) in [5.74, 6) is 0.564. The van der Waals surface area contributed by atoms with Crippen molar-refractivity contribution in [1.29, 1.82) is 5.26 Å². The molecule has 1 saturated carbocycles. The molecule has 2 aromatic rings. The van der Waals surface area contributed by atoms with Crippen LogP contribution in [0, 0.1) is 28.6 Å². The van der Waals surface area contributed by atoms with Gasteiger partial charge < -0.3 is 42.2 Å². The fourth-order valence-electron chi connectivity index (χ4n) is 7.19. The van der Waals surface area contributed by atoms with Gasteiger partial charge in [0.05, 0.1) is 47.0 Å². The van der Waals surface area contributed by atoms with Crippen molar-refractivity contribution in [3.8, 4) is 29.4 Å². The van der Waals surface area contributed by atoms with Crippen LogP contribution in [0.1, 0.15) is 28.7 Å². The average molecular weight is 627 g/mol. The zero-order chi connectivity index (χ0) is 34.1. The van der Waals surface area contributed by atoms with Crippen LogP contribution in [-0.4, -0.2) is 90.1 Å². The van der Waals surface area contributed by atoms with E-state index < -0.39 is 74.8 Å². The fourth-order valence-corrected chi connectivity index (χ4v) is 7.19. The molecular weight excluding hydrogens is 592 g/mol. The van der Waals surface area contributed by atoms with Crippen molar-refractivity contribution in [2.75, 3.05) is 40.2 Å². The van der Waals surface area contributed by atoms with Gasteiger partial charge >= 0.3 is 0 Å². The second kappa shape index (κ2) is 10.6. The summed E-state index contributed by atoms with van der Waals surface area (Å²) in [5.41, 5.74) is 12.6. The summed E-state index contributed by atoms with van der Waals surface area (Å²) in [6.45, 7) is 0. The van der Waals surface area contributed by atoms with Crippen molar-refractivity contribution in [2.45, 2.75) is 30.0 Å². The number of aliphatic hydroxyl groups excluding tert-OH is 2. The van der Waals surface area contributed by atoms with Crippen molar-refractivity contribution in [1.82, 2.24) is 4.90 Å². The van der Waals surface area contributed by atoms with E-state index in [-0.39, 0.29) is 17.5 Å². The van der Waals surface area contributed by atoms with Gasteiger partial charge in [0, 0.05) is 25.3 Å². The van der Waals surface area contributed by atoms with Crippen LogP contribution in [0.5, 0.6) is 11.5 Å². The maximum absolute atomic E-state index is 14.6. The Hall–Kier alpha value is -5.34. The van der Waals surface area contributed by atoms with E-state index in [0.717, 1.165) is 0 Å². The highest BCUT2D eigenvalue weighted by molar-refractivity contribution is 6.25. The fraction of sp³-hybridized carbons (Fsp3) is 0.333. The molecule has 2 aromatic carbocycles. The Morgan fingerprint density at radius 1 is 1.07 bits per heavy atom. The van der Waals surface area contributed by atoms with Crippen LogP contribution in [0.25, 0.3) is 5.76 Å². The predicted octanol–water partition coefficient (Wildman–Crippen LogP) is 0.380. The zero-order valence-corrected chi connectivity index (χ0v) is 25.9. The first kappa shape index (κ1) is 32.1. The number of phenols is 1. The number of aliphatic hydroxyl groups is 2. The molecule has 0 aliphatic heterocycles. The SMILES string of the molecule is COc1ccc(C#Cc2cc(N(C)C)c3c(c2O)C(O)=C2C(=O)[C@]4(C#N)C(O)=C(C(N)=O)C(=O)[C@@H](N(C)C)[C@]4(N)C[C@]2(N)C3)cc1. The van der Waals surface area contributed by atoms with Crippen molar-refractivity contribution in [3.63, 3.8) is 0 Å². The third kappa shape index (κ3) is 4.17. The van der Waals surface area contributed by atoms with Crippen molar-refractivity contribution in [3.05, 3.63) is 69.5 Å². The smallest absolute Gasteiger partial charge is 0.255 e. The maximum atomic E-state index is 14.6. The number of ketones is 2. The number of likely N-dealkylation sites (N-methyl/N-ethyl adjacent to an activating group) is 1. The first-order valence-electron chi connectivity index (χ1n) is 14.1. The van der Waals surface area contributed by atoms with Gasteiger partial charge in [-0.2, -0.15) is 5.26 Å². The lowest BCUT2D eigenvalue weighted by Gasteiger charge is -2.58. The summed E-state index contributed by atoms with van der Waals surface area (Å²) in [5, 5.41) is 45.3. The molecule has 9 N–H and O–H groups in total. The molecule has 1 amide bonds. The number of primary amides is 1. The number of carbonyl (C=O) groups is 3. The lowest BCUT2D eigenvalue weighted by Crippen LogP contribution is -2.80. The minimum absolute atomic E-state index is 0.121. The Bertz CT molecular complexity index is 1900. The van der Waals surface area contributed by atoms with Crippen LogP contribution < -0.4 is 26.8 Å². The number of nitriles is 1. The standard InChI is InChI=1S/C33H34N6O7/c1-38(2)20-12-17(9-6-16-7-10-18(46-5)11-8-16)24(40)21-19(20)13-31(36)14-33(37)27(39(3)4)26(42)22(30(35)45)28(43)32(33,15-34)29(44)23(31)25(21)41/h7-8,10-12,27,40-41,43H,13-14,36-37H2,1-5H3,(H2,35,45)/t27-,31-,32+,33-/m1/s1. The molecule has 238 valence electrons. The van der Waals surface area contributed by atoms with E-state index in [9.17, 15) is 35.0 Å². The number of benzene rings is 2. The number of anilines is 1. The van der Waals surface area contributed by atoms with Gasteiger partial charge in [0.15, 0.2) is 17.0 Å². The van der Waals surface area contributed by atoms with Crippen LogP contribution in [-0.2, 0) is 20.8 Å². The molecule has 0 saturated heterocycles. The van der Waals surface area contributed by atoms with Gasteiger partial charge in [0.1, 0.15) is 28.6 Å². The molecule has 0 aromatic heterocycles. The molecule has 0 unspecified atom stereocenters. The summed E-state index contributed by atoms with van der Waals surface area (Å²) < 4.78 is 5.18. The van der Waals surface area contributed by atoms with E-state index in [0.29, 0.717) is 22.6 Å². The lowest BCUT2D eigenvalue weighted by molar-refractivity contribution is -0.139. The molecule has 13 nitrogen and oxygen atoms in total.